The van der Waals surface area contributed by atoms with Crippen molar-refractivity contribution in [3.8, 4) is 11.5 Å². The van der Waals surface area contributed by atoms with E-state index in [0.717, 1.165) is 0 Å². The highest BCUT2D eigenvalue weighted by Gasteiger charge is 2.26. The molecule has 0 saturated carbocycles. The lowest BCUT2D eigenvalue weighted by molar-refractivity contribution is -0.137. The van der Waals surface area contributed by atoms with Crippen molar-refractivity contribution >= 4 is 33.8 Å². The minimum absolute atomic E-state index is 0.203. The minimum atomic E-state index is -0.885. The van der Waals surface area contributed by atoms with Crippen molar-refractivity contribution in [1.82, 2.24) is 5.32 Å². The van der Waals surface area contributed by atoms with Gasteiger partial charge in [0.15, 0.2) is 0 Å². The summed E-state index contributed by atoms with van der Waals surface area (Å²) in [5.41, 5.74) is -0.933. The number of carbonyl (C=O) groups is 2. The van der Waals surface area contributed by atoms with E-state index in [4.69, 9.17) is 18.6 Å². The van der Waals surface area contributed by atoms with Gasteiger partial charge >= 0.3 is 17.7 Å². The van der Waals surface area contributed by atoms with Gasteiger partial charge in [-0.15, -0.1) is 0 Å². The van der Waals surface area contributed by atoms with Gasteiger partial charge in [0.25, 0.3) is 0 Å². The van der Waals surface area contributed by atoms with Gasteiger partial charge in [-0.05, 0) is 69.9 Å². The standard InChI is InChI=1S/C26H31NO7/c1-15(2)7-12-21(27-25(30)34-26(3,4)5)24(29)32-17-9-11-19-18-10-8-16(31-6)13-20(18)23(28)33-22(19)14-17/h8-11,13-15,21H,7,12H2,1-6H3,(H,27,30). The molecule has 2 aromatic carbocycles. The quantitative estimate of drug-likeness (QED) is 0.220. The molecule has 0 aliphatic heterocycles. The third-order valence-electron chi connectivity index (χ3n) is 5.12. The fraction of sp³-hybridized carbons (Fsp3) is 0.423. The van der Waals surface area contributed by atoms with Crippen LogP contribution in [0.25, 0.3) is 21.7 Å². The zero-order valence-corrected chi connectivity index (χ0v) is 20.4. The van der Waals surface area contributed by atoms with Crippen LogP contribution in [0.2, 0.25) is 0 Å². The second kappa shape index (κ2) is 10.2. The number of amides is 1. The average Bonchev–Trinajstić information content (AvgIpc) is 2.74. The maximum absolute atomic E-state index is 12.9. The van der Waals surface area contributed by atoms with E-state index in [-0.39, 0.29) is 11.3 Å². The number of fused-ring (bicyclic) bond motifs is 3. The molecule has 1 N–H and O–H groups in total. The van der Waals surface area contributed by atoms with Crippen molar-refractivity contribution < 1.29 is 28.2 Å². The van der Waals surface area contributed by atoms with Crippen LogP contribution in [0.1, 0.15) is 47.5 Å². The van der Waals surface area contributed by atoms with E-state index in [1.807, 2.05) is 13.8 Å². The Bertz CT molecular complexity index is 1250. The number of hydrogen-bond acceptors (Lipinski definition) is 7. The van der Waals surface area contributed by atoms with Crippen LogP contribution in [0.4, 0.5) is 4.79 Å². The molecule has 3 aromatic rings. The van der Waals surface area contributed by atoms with E-state index in [9.17, 15) is 14.4 Å². The summed E-state index contributed by atoms with van der Waals surface area (Å²) in [6, 6.07) is 9.12. The van der Waals surface area contributed by atoms with Crippen molar-refractivity contribution in [2.45, 2.75) is 59.1 Å². The van der Waals surface area contributed by atoms with Crippen LogP contribution in [0.3, 0.4) is 0 Å². The second-order valence-corrected chi connectivity index (χ2v) is 9.55. The van der Waals surface area contributed by atoms with Gasteiger partial charge in [-0.3, -0.25) is 0 Å². The van der Waals surface area contributed by atoms with E-state index < -0.39 is 29.3 Å². The van der Waals surface area contributed by atoms with Crippen LogP contribution in [0.5, 0.6) is 11.5 Å². The van der Waals surface area contributed by atoms with Crippen LogP contribution < -0.4 is 20.4 Å². The molecular weight excluding hydrogens is 438 g/mol. The van der Waals surface area contributed by atoms with Crippen LogP contribution in [0, 0.1) is 5.92 Å². The molecule has 8 nitrogen and oxygen atoms in total. The van der Waals surface area contributed by atoms with Crippen molar-refractivity contribution in [2.75, 3.05) is 7.11 Å². The molecule has 34 heavy (non-hydrogen) atoms. The van der Waals surface area contributed by atoms with E-state index in [1.165, 1.54) is 13.2 Å². The number of esters is 1. The largest absolute Gasteiger partial charge is 0.497 e. The maximum Gasteiger partial charge on any atom is 0.408 e. The van der Waals surface area contributed by atoms with Crippen molar-refractivity contribution in [3.63, 3.8) is 0 Å². The van der Waals surface area contributed by atoms with Crippen LogP contribution in [-0.2, 0) is 9.53 Å². The fourth-order valence-corrected chi connectivity index (χ4v) is 3.47. The van der Waals surface area contributed by atoms with Crippen LogP contribution in [-0.4, -0.2) is 30.8 Å². The summed E-state index contributed by atoms with van der Waals surface area (Å²) >= 11 is 0. The molecule has 0 fully saturated rings. The van der Waals surface area contributed by atoms with Crippen LogP contribution >= 0.6 is 0 Å². The third kappa shape index (κ3) is 6.27. The van der Waals surface area contributed by atoms with E-state index in [1.54, 1.807) is 51.1 Å². The summed E-state index contributed by atoms with van der Waals surface area (Å²) in [7, 11) is 1.52. The molecule has 0 radical (unpaired) electrons. The topological polar surface area (TPSA) is 104 Å². The van der Waals surface area contributed by atoms with Crippen molar-refractivity contribution in [1.29, 1.82) is 0 Å². The van der Waals surface area contributed by atoms with Gasteiger partial charge < -0.3 is 23.9 Å². The Morgan fingerprint density at radius 1 is 0.971 bits per heavy atom. The maximum atomic E-state index is 12.9. The van der Waals surface area contributed by atoms with Crippen LogP contribution in [0.15, 0.2) is 45.6 Å². The second-order valence-electron chi connectivity index (χ2n) is 9.55. The first-order valence-electron chi connectivity index (χ1n) is 11.2. The molecular formula is C26H31NO7. The lowest BCUT2D eigenvalue weighted by Crippen LogP contribution is -2.45. The molecule has 1 aromatic heterocycles. The molecule has 3 rings (SSSR count). The fourth-order valence-electron chi connectivity index (χ4n) is 3.47. The summed E-state index contributed by atoms with van der Waals surface area (Å²) in [6.45, 7) is 9.30. The van der Waals surface area contributed by atoms with Gasteiger partial charge in [-0.25, -0.2) is 14.4 Å². The minimum Gasteiger partial charge on any atom is -0.497 e. The number of carbonyl (C=O) groups excluding carboxylic acids is 2. The van der Waals surface area contributed by atoms with Gasteiger partial charge in [0.1, 0.15) is 28.7 Å². The first-order chi connectivity index (χ1) is 16.0. The molecule has 182 valence electrons. The summed E-state index contributed by atoms with van der Waals surface area (Å²) < 4.78 is 21.5. The first-order valence-corrected chi connectivity index (χ1v) is 11.2. The highest BCUT2D eigenvalue weighted by atomic mass is 16.6. The lowest BCUT2D eigenvalue weighted by atomic mass is 10.0. The number of rotatable bonds is 7. The molecule has 1 unspecified atom stereocenters. The Kier molecular flexibility index (Phi) is 7.49. The average molecular weight is 470 g/mol. The Morgan fingerprint density at radius 2 is 1.65 bits per heavy atom. The monoisotopic (exact) mass is 469 g/mol. The Morgan fingerprint density at radius 3 is 2.29 bits per heavy atom. The Balaban J connectivity index is 1.85. The summed E-state index contributed by atoms with van der Waals surface area (Å²) in [4.78, 5) is 37.7. The summed E-state index contributed by atoms with van der Waals surface area (Å²) in [6.07, 6.45) is 0.410. The zero-order chi connectivity index (χ0) is 25.0. The Labute approximate surface area is 198 Å². The molecule has 1 atom stereocenters. The molecule has 0 spiro atoms. The van der Waals surface area contributed by atoms with Crippen molar-refractivity contribution in [3.05, 3.63) is 46.8 Å². The molecule has 1 amide bonds. The smallest absolute Gasteiger partial charge is 0.408 e. The lowest BCUT2D eigenvalue weighted by Gasteiger charge is -2.23. The molecule has 0 saturated heterocycles. The SMILES string of the molecule is COc1ccc2c(c1)c(=O)oc1cc(OC(=O)C(CCC(C)C)NC(=O)OC(C)(C)C)ccc12. The summed E-state index contributed by atoms with van der Waals surface area (Å²) in [5, 5.41) is 4.40. The van der Waals surface area contributed by atoms with E-state index >= 15 is 0 Å². The highest BCUT2D eigenvalue weighted by molar-refractivity contribution is 6.05. The third-order valence-corrected chi connectivity index (χ3v) is 5.12. The molecule has 0 bridgehead atoms. The Hall–Kier alpha value is -3.55. The van der Waals surface area contributed by atoms with Gasteiger partial charge in [0, 0.05) is 16.8 Å². The molecule has 8 heteroatoms. The number of alkyl carbamates (subject to hydrolysis) is 1. The first kappa shape index (κ1) is 25.1. The molecule has 1 heterocycles. The number of benzene rings is 2. The zero-order valence-electron chi connectivity index (χ0n) is 20.4. The molecule has 0 aliphatic rings. The summed E-state index contributed by atoms with van der Waals surface area (Å²) in [5.74, 6) is 0.458. The van der Waals surface area contributed by atoms with Gasteiger partial charge in [0.05, 0.1) is 12.5 Å². The normalized spacial score (nSPS) is 12.6. The predicted octanol–water partition coefficient (Wildman–Crippen LogP) is 5.19. The number of hydrogen-bond donors (Lipinski definition) is 1. The van der Waals surface area contributed by atoms with Crippen molar-refractivity contribution in [2.24, 2.45) is 5.92 Å². The highest BCUT2D eigenvalue weighted by Crippen LogP contribution is 2.28. The van der Waals surface area contributed by atoms with Gasteiger partial charge in [-0.2, -0.15) is 0 Å². The van der Waals surface area contributed by atoms with Gasteiger partial charge in [0.2, 0.25) is 0 Å². The van der Waals surface area contributed by atoms with E-state index in [2.05, 4.69) is 5.32 Å². The molecule has 0 aliphatic carbocycles. The number of ether oxygens (including phenoxy) is 3. The number of nitrogens with one attached hydrogen (secondary N) is 1. The number of methoxy groups -OCH3 is 1. The van der Waals surface area contributed by atoms with Gasteiger partial charge in [-0.1, -0.05) is 13.8 Å². The van der Waals surface area contributed by atoms with E-state index in [0.29, 0.717) is 40.7 Å². The predicted molar refractivity (Wildman–Crippen MR) is 129 cm³/mol.